The monoisotopic (exact) mass is 365 g/mol. The fraction of sp³-hybridized carbons (Fsp3) is 0.136. The number of esters is 1. The second kappa shape index (κ2) is 6.22. The summed E-state index contributed by atoms with van der Waals surface area (Å²) in [5, 5.41) is 2.52. The molecule has 0 amide bonds. The number of fused-ring (bicyclic) bond motifs is 3. The lowest BCUT2D eigenvalue weighted by atomic mass is 10.2. The second-order valence-electron chi connectivity index (χ2n) is 6.58. The molecule has 0 bridgehead atoms. The Morgan fingerprint density at radius 2 is 1.35 bits per heavy atom. The summed E-state index contributed by atoms with van der Waals surface area (Å²) in [6, 6.07) is 24.1. The Hall–Kier alpha value is -2.72. The standard InChI is InChI=1S/C22H18FO2S/c1-22(2,23)25-21(24)15-11-13-16(14-12-15)26-19-9-5-3-7-17(19)18-8-4-6-10-20(18)26/h3-14H,1-2H3/q+1. The van der Waals surface area contributed by atoms with E-state index in [2.05, 4.69) is 48.5 Å². The number of hydrogen-bond acceptors (Lipinski definition) is 2. The second-order valence-corrected chi connectivity index (χ2v) is 8.54. The van der Waals surface area contributed by atoms with Crippen molar-refractivity contribution in [1.82, 2.24) is 0 Å². The molecule has 0 N–H and O–H groups in total. The van der Waals surface area contributed by atoms with Gasteiger partial charge in [0.1, 0.15) is 0 Å². The van der Waals surface area contributed by atoms with Gasteiger partial charge in [-0.3, -0.25) is 0 Å². The van der Waals surface area contributed by atoms with Gasteiger partial charge in [0.2, 0.25) is 5.85 Å². The Labute approximate surface area is 153 Å². The van der Waals surface area contributed by atoms with E-state index < -0.39 is 11.8 Å². The van der Waals surface area contributed by atoms with E-state index >= 15 is 0 Å². The van der Waals surface area contributed by atoms with Crippen LogP contribution in [-0.2, 0) is 4.74 Å². The fourth-order valence-corrected chi connectivity index (χ4v) is 5.49. The first-order valence-electron chi connectivity index (χ1n) is 8.39. The van der Waals surface area contributed by atoms with Crippen molar-refractivity contribution in [3.8, 4) is 4.90 Å². The predicted octanol–water partition coefficient (Wildman–Crippen LogP) is 6.59. The average Bonchev–Trinajstić information content (AvgIpc) is 2.95. The third-order valence-electron chi connectivity index (χ3n) is 4.17. The highest BCUT2D eigenvalue weighted by Crippen LogP contribution is 2.48. The normalized spacial score (nSPS) is 11.8. The molecule has 0 aliphatic carbocycles. The van der Waals surface area contributed by atoms with Crippen LogP contribution in [0.2, 0.25) is 0 Å². The topological polar surface area (TPSA) is 26.3 Å². The van der Waals surface area contributed by atoms with E-state index in [-0.39, 0.29) is 10.5 Å². The largest absolute Gasteiger partial charge is 0.426 e. The minimum absolute atomic E-state index is 0.207. The number of hydrogen-bond donors (Lipinski definition) is 0. The van der Waals surface area contributed by atoms with Gasteiger partial charge in [0.05, 0.1) is 5.56 Å². The molecule has 1 aromatic heterocycles. The molecule has 0 unspecified atom stereocenters. The van der Waals surface area contributed by atoms with Crippen molar-refractivity contribution >= 4 is 36.6 Å². The van der Waals surface area contributed by atoms with E-state index in [4.69, 9.17) is 4.74 Å². The predicted molar refractivity (Wildman–Crippen MR) is 106 cm³/mol. The van der Waals surface area contributed by atoms with Crippen molar-refractivity contribution in [2.24, 2.45) is 0 Å². The molecule has 0 fully saturated rings. The van der Waals surface area contributed by atoms with Crippen LogP contribution < -0.4 is 0 Å². The molecule has 4 rings (SSSR count). The van der Waals surface area contributed by atoms with Crippen molar-refractivity contribution in [3.05, 3.63) is 78.4 Å². The summed E-state index contributed by atoms with van der Waals surface area (Å²) in [5.74, 6) is -2.64. The molecule has 0 aliphatic rings. The first-order chi connectivity index (χ1) is 12.4. The maximum absolute atomic E-state index is 13.5. The molecule has 4 aromatic rings. The van der Waals surface area contributed by atoms with Crippen LogP contribution in [0.5, 0.6) is 0 Å². The van der Waals surface area contributed by atoms with Crippen LogP contribution in [0.15, 0.2) is 72.8 Å². The summed E-state index contributed by atoms with van der Waals surface area (Å²) in [4.78, 5) is 13.2. The van der Waals surface area contributed by atoms with E-state index in [0.29, 0.717) is 5.56 Å². The summed E-state index contributed by atoms with van der Waals surface area (Å²) in [6.07, 6.45) is 0. The van der Waals surface area contributed by atoms with Gasteiger partial charge in [-0.15, -0.1) is 0 Å². The zero-order chi connectivity index (χ0) is 18.3. The van der Waals surface area contributed by atoms with E-state index in [1.165, 1.54) is 34.0 Å². The summed E-state index contributed by atoms with van der Waals surface area (Å²) in [6.45, 7) is 2.43. The smallest absolute Gasteiger partial charge is 0.340 e. The highest BCUT2D eigenvalue weighted by atomic mass is 32.2. The van der Waals surface area contributed by atoms with E-state index in [9.17, 15) is 9.18 Å². The number of carbonyl (C=O) groups excluding carboxylic acids is 1. The summed E-state index contributed by atoms with van der Waals surface area (Å²) in [5.41, 5.74) is 0.351. The molecule has 3 aromatic carbocycles. The molecule has 0 aliphatic heterocycles. The van der Waals surface area contributed by atoms with E-state index in [1.807, 2.05) is 12.1 Å². The number of halogens is 1. The summed E-state index contributed by atoms with van der Waals surface area (Å²) in [7, 11) is -0.207. The molecule has 4 heteroatoms. The van der Waals surface area contributed by atoms with Crippen molar-refractivity contribution < 1.29 is 13.9 Å². The molecular formula is C22H18FO2S+. The van der Waals surface area contributed by atoms with Crippen molar-refractivity contribution in [2.75, 3.05) is 0 Å². The number of thiophene rings is 1. The van der Waals surface area contributed by atoms with Crippen LogP contribution >= 0.6 is 10.5 Å². The maximum atomic E-state index is 13.5. The average molecular weight is 365 g/mol. The zero-order valence-corrected chi connectivity index (χ0v) is 15.3. The van der Waals surface area contributed by atoms with Crippen LogP contribution in [0.4, 0.5) is 4.39 Å². The molecule has 26 heavy (non-hydrogen) atoms. The van der Waals surface area contributed by atoms with E-state index in [1.54, 1.807) is 12.1 Å². The van der Waals surface area contributed by atoms with E-state index in [0.717, 1.165) is 4.90 Å². The van der Waals surface area contributed by atoms with Gasteiger partial charge in [0.25, 0.3) is 0 Å². The number of ether oxygens (including phenoxy) is 1. The Bertz CT molecular complexity index is 1050. The van der Waals surface area contributed by atoms with Crippen LogP contribution in [0.25, 0.3) is 25.1 Å². The van der Waals surface area contributed by atoms with Gasteiger partial charge < -0.3 is 4.74 Å². The fourth-order valence-electron chi connectivity index (χ4n) is 3.11. The molecule has 0 spiro atoms. The Kier molecular flexibility index (Phi) is 4.00. The highest BCUT2D eigenvalue weighted by Gasteiger charge is 2.25. The summed E-state index contributed by atoms with van der Waals surface area (Å²) < 4.78 is 20.9. The van der Waals surface area contributed by atoms with Gasteiger partial charge in [-0.1, -0.05) is 24.3 Å². The third kappa shape index (κ3) is 2.97. The molecule has 0 saturated heterocycles. The Morgan fingerprint density at radius 1 is 0.846 bits per heavy atom. The molecule has 0 radical (unpaired) electrons. The number of rotatable bonds is 3. The minimum Gasteiger partial charge on any atom is -0.426 e. The summed E-state index contributed by atoms with van der Waals surface area (Å²) >= 11 is 0. The Balaban J connectivity index is 1.82. The molecule has 1 heterocycles. The quantitative estimate of drug-likeness (QED) is 0.302. The van der Waals surface area contributed by atoms with Crippen LogP contribution in [0, 0.1) is 0 Å². The molecule has 2 nitrogen and oxygen atoms in total. The van der Waals surface area contributed by atoms with Gasteiger partial charge in [0, 0.05) is 35.1 Å². The molecule has 0 saturated carbocycles. The van der Waals surface area contributed by atoms with Crippen molar-refractivity contribution in [2.45, 2.75) is 19.7 Å². The molecule has 0 atom stereocenters. The number of alkyl halides is 1. The molecular weight excluding hydrogens is 347 g/mol. The third-order valence-corrected chi connectivity index (χ3v) is 6.50. The Morgan fingerprint density at radius 3 is 1.85 bits per heavy atom. The zero-order valence-electron chi connectivity index (χ0n) is 14.5. The SMILES string of the molecule is CC(C)(F)OC(=O)c1ccc(-[s+]2c3ccccc3c3ccccc32)cc1. The number of carbonyl (C=O) groups is 1. The highest BCUT2D eigenvalue weighted by molar-refractivity contribution is 7.50. The van der Waals surface area contributed by atoms with Crippen LogP contribution in [0.3, 0.4) is 0 Å². The van der Waals surface area contributed by atoms with Crippen LogP contribution in [0.1, 0.15) is 24.2 Å². The first kappa shape index (κ1) is 16.7. The molecule has 130 valence electrons. The van der Waals surface area contributed by atoms with Gasteiger partial charge in [-0.2, -0.15) is 4.39 Å². The van der Waals surface area contributed by atoms with Crippen molar-refractivity contribution in [1.29, 1.82) is 0 Å². The van der Waals surface area contributed by atoms with Gasteiger partial charge in [0.15, 0.2) is 14.3 Å². The van der Waals surface area contributed by atoms with Crippen LogP contribution in [-0.4, -0.2) is 11.8 Å². The maximum Gasteiger partial charge on any atom is 0.340 e. The first-order valence-corrected chi connectivity index (χ1v) is 9.61. The van der Waals surface area contributed by atoms with Crippen molar-refractivity contribution in [3.63, 3.8) is 0 Å². The number of benzene rings is 3. The lowest BCUT2D eigenvalue weighted by Crippen LogP contribution is -2.22. The van der Waals surface area contributed by atoms with Gasteiger partial charge in [-0.25, -0.2) is 4.79 Å². The van der Waals surface area contributed by atoms with Gasteiger partial charge in [-0.05, 0) is 48.5 Å². The van der Waals surface area contributed by atoms with Gasteiger partial charge >= 0.3 is 5.97 Å². The minimum atomic E-state index is -1.99. The lowest BCUT2D eigenvalue weighted by molar-refractivity contribution is -0.0758. The lowest BCUT2D eigenvalue weighted by Gasteiger charge is -2.15.